The van der Waals surface area contributed by atoms with Gasteiger partial charge in [0.2, 0.25) is 11.8 Å². The maximum absolute atomic E-state index is 15.8. The highest BCUT2D eigenvalue weighted by molar-refractivity contribution is 6.31. The van der Waals surface area contributed by atoms with E-state index in [0.29, 0.717) is 33.9 Å². The van der Waals surface area contributed by atoms with E-state index in [9.17, 15) is 9.59 Å². The smallest absolute Gasteiger partial charge is 0.242 e. The first-order chi connectivity index (χ1) is 18.5. The Kier molecular flexibility index (Phi) is 6.92. The molecule has 0 radical (unpaired) electrons. The molecule has 9 heteroatoms. The molecule has 0 saturated carbocycles. The minimum Gasteiger partial charge on any atom is -0.325 e. The number of nitrogens with one attached hydrogen (secondary N) is 3. The Balaban J connectivity index is 1.71. The molecule has 5 rings (SSSR count). The number of nitriles is 1. The molecule has 3 aromatic carbocycles. The molecule has 0 bridgehead atoms. The molecule has 1 spiro atoms. The Bertz CT molecular complexity index is 1510. The van der Waals surface area contributed by atoms with Crippen LogP contribution in [-0.2, 0) is 15.0 Å². The van der Waals surface area contributed by atoms with Crippen LogP contribution in [-0.4, -0.2) is 23.9 Å². The van der Waals surface area contributed by atoms with Crippen LogP contribution in [0.15, 0.2) is 60.7 Å². The van der Waals surface area contributed by atoms with Crippen LogP contribution in [0.25, 0.3) is 0 Å². The van der Waals surface area contributed by atoms with Crippen LogP contribution in [0.2, 0.25) is 10.0 Å². The first kappa shape index (κ1) is 27.1. The van der Waals surface area contributed by atoms with Gasteiger partial charge in [-0.2, -0.15) is 5.26 Å². The summed E-state index contributed by atoms with van der Waals surface area (Å²) in [4.78, 5) is 28.1. The molecule has 3 N–H and O–H groups in total. The van der Waals surface area contributed by atoms with Crippen molar-refractivity contribution in [2.75, 3.05) is 10.6 Å². The summed E-state index contributed by atoms with van der Waals surface area (Å²) in [6.45, 7) is 6.16. The number of hydrogen-bond donors (Lipinski definition) is 3. The van der Waals surface area contributed by atoms with E-state index in [-0.39, 0.29) is 21.9 Å². The normalized spacial score (nSPS) is 23.8. The van der Waals surface area contributed by atoms with E-state index in [1.165, 1.54) is 6.07 Å². The Morgan fingerprint density at radius 1 is 1.13 bits per heavy atom. The van der Waals surface area contributed by atoms with E-state index in [1.54, 1.807) is 54.6 Å². The molecular weight excluding hydrogens is 538 g/mol. The number of benzene rings is 3. The molecule has 2 heterocycles. The lowest BCUT2D eigenvalue weighted by Crippen LogP contribution is -2.49. The summed E-state index contributed by atoms with van der Waals surface area (Å²) in [5.74, 6) is -2.38. The van der Waals surface area contributed by atoms with Gasteiger partial charge in [0.05, 0.1) is 22.7 Å². The van der Waals surface area contributed by atoms with Gasteiger partial charge in [0, 0.05) is 28.4 Å². The molecule has 3 aromatic rings. The zero-order chi connectivity index (χ0) is 28.1. The molecule has 6 nitrogen and oxygen atoms in total. The van der Waals surface area contributed by atoms with Gasteiger partial charge >= 0.3 is 0 Å². The summed E-state index contributed by atoms with van der Waals surface area (Å²) in [6, 6.07) is 16.8. The summed E-state index contributed by atoms with van der Waals surface area (Å²) in [5, 5.41) is 18.8. The number of amides is 2. The second-order valence-electron chi connectivity index (χ2n) is 11.3. The number of rotatable bonds is 4. The minimum absolute atomic E-state index is 0.0945. The van der Waals surface area contributed by atoms with Crippen LogP contribution >= 0.6 is 23.2 Å². The highest BCUT2D eigenvalue weighted by atomic mass is 35.5. The number of fused-ring (bicyclic) bond motifs is 2. The second-order valence-corrected chi connectivity index (χ2v) is 12.1. The molecule has 2 aliphatic heterocycles. The topological polar surface area (TPSA) is 94.0 Å². The van der Waals surface area contributed by atoms with Crippen molar-refractivity contribution in [2.24, 2.45) is 5.41 Å². The lowest BCUT2D eigenvalue weighted by atomic mass is 9.62. The maximum atomic E-state index is 15.8. The predicted octanol–water partition coefficient (Wildman–Crippen LogP) is 6.39. The van der Waals surface area contributed by atoms with Gasteiger partial charge < -0.3 is 16.0 Å². The van der Waals surface area contributed by atoms with Crippen molar-refractivity contribution in [3.8, 4) is 6.07 Å². The van der Waals surface area contributed by atoms with Gasteiger partial charge in [0.15, 0.2) is 0 Å². The van der Waals surface area contributed by atoms with Crippen molar-refractivity contribution < 1.29 is 14.0 Å². The van der Waals surface area contributed by atoms with E-state index >= 15 is 4.39 Å². The summed E-state index contributed by atoms with van der Waals surface area (Å²) in [5.41, 5.74) is 0.715. The number of nitrogens with zero attached hydrogens (tertiary/aromatic N) is 1. The number of anilines is 2. The van der Waals surface area contributed by atoms with Gasteiger partial charge in [0.25, 0.3) is 0 Å². The van der Waals surface area contributed by atoms with Crippen molar-refractivity contribution in [2.45, 2.75) is 50.6 Å². The zero-order valence-electron chi connectivity index (χ0n) is 21.6. The van der Waals surface area contributed by atoms with Crippen LogP contribution in [0, 0.1) is 22.6 Å². The molecular formula is C30H27Cl2FN4O2. The van der Waals surface area contributed by atoms with E-state index in [1.807, 2.05) is 6.07 Å². The van der Waals surface area contributed by atoms with E-state index in [0.717, 1.165) is 0 Å². The highest BCUT2D eigenvalue weighted by Gasteiger charge is 2.66. The van der Waals surface area contributed by atoms with Crippen molar-refractivity contribution in [3.05, 3.63) is 93.2 Å². The van der Waals surface area contributed by atoms with Crippen LogP contribution in [0.3, 0.4) is 0 Å². The average Bonchev–Trinajstić information content (AvgIpc) is 3.35. The Morgan fingerprint density at radius 3 is 2.51 bits per heavy atom. The van der Waals surface area contributed by atoms with Gasteiger partial charge in [0.1, 0.15) is 11.2 Å². The Morgan fingerprint density at radius 2 is 1.85 bits per heavy atom. The van der Waals surface area contributed by atoms with E-state index in [4.69, 9.17) is 28.5 Å². The van der Waals surface area contributed by atoms with E-state index < -0.39 is 35.1 Å². The monoisotopic (exact) mass is 564 g/mol. The van der Waals surface area contributed by atoms with Gasteiger partial charge in [-0.15, -0.1) is 0 Å². The molecule has 0 aliphatic carbocycles. The minimum atomic E-state index is -1.33. The predicted molar refractivity (Wildman–Crippen MR) is 150 cm³/mol. The molecule has 2 aliphatic rings. The Labute approximate surface area is 236 Å². The molecule has 0 aromatic heterocycles. The van der Waals surface area contributed by atoms with Crippen LogP contribution in [0.5, 0.6) is 0 Å². The molecule has 1 fully saturated rings. The van der Waals surface area contributed by atoms with Gasteiger partial charge in [-0.05, 0) is 65.4 Å². The fraction of sp³-hybridized carbons (Fsp3) is 0.300. The first-order valence-electron chi connectivity index (χ1n) is 12.6. The van der Waals surface area contributed by atoms with Crippen LogP contribution in [0.4, 0.5) is 15.8 Å². The molecule has 2 amide bonds. The molecule has 39 heavy (non-hydrogen) atoms. The number of carbonyl (C=O) groups is 2. The van der Waals surface area contributed by atoms with Crippen LogP contribution in [0.1, 0.15) is 49.8 Å². The van der Waals surface area contributed by atoms with E-state index in [2.05, 4.69) is 36.7 Å². The highest BCUT2D eigenvalue weighted by Crippen LogP contribution is 2.57. The Hall–Kier alpha value is -3.44. The second kappa shape index (κ2) is 9.95. The number of carbonyl (C=O) groups excluding carboxylic acids is 2. The van der Waals surface area contributed by atoms with Crippen LogP contribution < -0.4 is 16.0 Å². The molecule has 200 valence electrons. The number of hydrogen-bond acceptors (Lipinski definition) is 4. The van der Waals surface area contributed by atoms with Gasteiger partial charge in [-0.25, -0.2) is 4.39 Å². The van der Waals surface area contributed by atoms with Gasteiger partial charge in [-0.1, -0.05) is 62.2 Å². The molecule has 1 saturated heterocycles. The summed E-state index contributed by atoms with van der Waals surface area (Å²) < 4.78 is 15.8. The average molecular weight is 565 g/mol. The fourth-order valence-corrected chi connectivity index (χ4v) is 6.35. The maximum Gasteiger partial charge on any atom is 0.242 e. The zero-order valence-corrected chi connectivity index (χ0v) is 23.1. The lowest BCUT2D eigenvalue weighted by molar-refractivity contribution is -0.122. The lowest BCUT2D eigenvalue weighted by Gasteiger charge is -2.37. The molecule has 2 unspecified atom stereocenters. The summed E-state index contributed by atoms with van der Waals surface area (Å²) >= 11 is 12.5. The molecule has 4 atom stereocenters. The SMILES string of the molecule is CC(C)(C)CC1N[C@@H](C(=O)Nc2ccc(C#N)cc2)[C@H](c2cccc(Cl)c2F)C12C(=O)Nc1cc(Cl)ccc12. The van der Waals surface area contributed by atoms with Crippen molar-refractivity contribution in [1.82, 2.24) is 5.32 Å². The van der Waals surface area contributed by atoms with Crippen molar-refractivity contribution in [1.29, 1.82) is 5.26 Å². The van der Waals surface area contributed by atoms with Gasteiger partial charge in [-0.3, -0.25) is 9.59 Å². The number of halogens is 3. The fourth-order valence-electron chi connectivity index (χ4n) is 6.00. The standard InChI is InChI=1S/C30H27Cl2FN4O2/c1-29(2,3)14-23-30(20-12-9-17(31)13-22(20)36-28(30)39)24(19-5-4-6-21(32)25(19)33)26(37-23)27(38)35-18-10-7-16(15-34)8-11-18/h4-13,23-24,26,37H,14H2,1-3H3,(H,35,38)(H,36,39)/t23?,24-,26+,30?/m0/s1. The van der Waals surface area contributed by atoms with Crippen molar-refractivity contribution >= 4 is 46.4 Å². The third-order valence-corrected chi connectivity index (χ3v) is 8.03. The van der Waals surface area contributed by atoms with Crippen molar-refractivity contribution in [3.63, 3.8) is 0 Å². The third kappa shape index (κ3) is 4.67. The summed E-state index contributed by atoms with van der Waals surface area (Å²) in [7, 11) is 0. The quantitative estimate of drug-likeness (QED) is 0.342. The third-order valence-electron chi connectivity index (χ3n) is 7.50. The first-order valence-corrected chi connectivity index (χ1v) is 13.3. The summed E-state index contributed by atoms with van der Waals surface area (Å²) in [6.07, 6.45) is 0.516. The largest absolute Gasteiger partial charge is 0.325 e.